The average Bonchev–Trinajstić information content (AvgIpc) is 3.16. The summed E-state index contributed by atoms with van der Waals surface area (Å²) < 4.78 is 4.67. The second kappa shape index (κ2) is 7.89. The van der Waals surface area contributed by atoms with Crippen LogP contribution in [0.25, 0.3) is 0 Å². The van der Waals surface area contributed by atoms with Crippen molar-refractivity contribution in [3.05, 3.63) is 38.7 Å². The van der Waals surface area contributed by atoms with Crippen molar-refractivity contribution in [3.8, 4) is 0 Å². The number of hydrogen-bond acceptors (Lipinski definition) is 6. The third-order valence-corrected chi connectivity index (χ3v) is 4.84. The van der Waals surface area contributed by atoms with Crippen molar-refractivity contribution >= 4 is 46.1 Å². The molecule has 0 fully saturated rings. The summed E-state index contributed by atoms with van der Waals surface area (Å²) in [6.07, 6.45) is 0.0799. The third-order valence-electron chi connectivity index (χ3n) is 2.96. The molecule has 0 unspecified atom stereocenters. The molecule has 0 aliphatic heterocycles. The summed E-state index contributed by atoms with van der Waals surface area (Å²) in [7, 11) is 1.29. The van der Waals surface area contributed by atoms with Gasteiger partial charge in [0, 0.05) is 11.8 Å². The van der Waals surface area contributed by atoms with Gasteiger partial charge < -0.3 is 15.4 Å². The minimum absolute atomic E-state index is 0.0799. The van der Waals surface area contributed by atoms with E-state index in [1.807, 2.05) is 17.5 Å². The van der Waals surface area contributed by atoms with Crippen LogP contribution in [0.2, 0.25) is 0 Å². The topological polar surface area (TPSA) is 84.5 Å². The van der Waals surface area contributed by atoms with Crippen LogP contribution in [0.1, 0.15) is 33.9 Å². The predicted octanol–water partition coefficient (Wildman–Crippen LogP) is 2.80. The number of amides is 2. The van der Waals surface area contributed by atoms with Crippen molar-refractivity contribution < 1.29 is 19.1 Å². The van der Waals surface area contributed by atoms with Crippen molar-refractivity contribution in [3.63, 3.8) is 0 Å². The molecule has 2 aromatic rings. The number of nitrogens with one attached hydrogen (secondary N) is 2. The van der Waals surface area contributed by atoms with Gasteiger partial charge in [0.1, 0.15) is 4.88 Å². The largest absolute Gasteiger partial charge is 0.465 e. The first-order valence-corrected chi connectivity index (χ1v) is 8.53. The minimum atomic E-state index is -0.494. The van der Waals surface area contributed by atoms with Gasteiger partial charge >= 0.3 is 5.97 Å². The van der Waals surface area contributed by atoms with Crippen LogP contribution in [0.4, 0.5) is 5.69 Å². The van der Waals surface area contributed by atoms with Crippen LogP contribution in [0, 0.1) is 0 Å². The summed E-state index contributed by atoms with van der Waals surface area (Å²) in [4.78, 5) is 36.4. The molecule has 2 rings (SSSR count). The lowest BCUT2D eigenvalue weighted by Crippen LogP contribution is -2.29. The van der Waals surface area contributed by atoms with E-state index in [0.29, 0.717) is 10.6 Å². The summed E-state index contributed by atoms with van der Waals surface area (Å²) >= 11 is 2.66. The molecule has 0 spiro atoms. The fourth-order valence-corrected chi connectivity index (χ4v) is 3.55. The van der Waals surface area contributed by atoms with E-state index in [-0.39, 0.29) is 18.2 Å². The highest BCUT2D eigenvalue weighted by Gasteiger charge is 2.20. The van der Waals surface area contributed by atoms with E-state index in [1.165, 1.54) is 36.7 Å². The van der Waals surface area contributed by atoms with Gasteiger partial charge in [-0.25, -0.2) is 4.79 Å². The molecule has 0 radical (unpaired) electrons. The van der Waals surface area contributed by atoms with Gasteiger partial charge in [0.25, 0.3) is 0 Å². The van der Waals surface area contributed by atoms with E-state index in [0.717, 1.165) is 4.88 Å². The van der Waals surface area contributed by atoms with Gasteiger partial charge in [0.15, 0.2) is 0 Å². The van der Waals surface area contributed by atoms with Gasteiger partial charge in [0.2, 0.25) is 11.8 Å². The van der Waals surface area contributed by atoms with Crippen molar-refractivity contribution in [1.29, 1.82) is 0 Å². The van der Waals surface area contributed by atoms with Crippen LogP contribution >= 0.6 is 22.7 Å². The van der Waals surface area contributed by atoms with E-state index in [2.05, 4.69) is 15.4 Å². The summed E-state index contributed by atoms with van der Waals surface area (Å²) in [6.45, 7) is 1.41. The maximum Gasteiger partial charge on any atom is 0.350 e. The van der Waals surface area contributed by atoms with Gasteiger partial charge in [-0.1, -0.05) is 6.07 Å². The van der Waals surface area contributed by atoms with E-state index in [1.54, 1.807) is 11.4 Å². The Morgan fingerprint density at radius 2 is 2.00 bits per heavy atom. The second-order valence-corrected chi connectivity index (χ2v) is 6.57. The lowest BCUT2D eigenvalue weighted by atomic mass is 10.1. The summed E-state index contributed by atoms with van der Waals surface area (Å²) in [5.74, 6) is -0.991. The minimum Gasteiger partial charge on any atom is -0.465 e. The lowest BCUT2D eigenvalue weighted by molar-refractivity contribution is -0.120. The molecule has 2 N–H and O–H groups in total. The van der Waals surface area contributed by atoms with Crippen LogP contribution in [-0.4, -0.2) is 24.9 Å². The first-order chi connectivity index (χ1) is 11.0. The van der Waals surface area contributed by atoms with Crippen LogP contribution < -0.4 is 10.6 Å². The number of ether oxygens (including phenoxy) is 1. The van der Waals surface area contributed by atoms with Gasteiger partial charge in [0.05, 0.1) is 25.3 Å². The van der Waals surface area contributed by atoms with Crippen LogP contribution in [0.3, 0.4) is 0 Å². The molecule has 0 bridgehead atoms. The van der Waals surface area contributed by atoms with E-state index < -0.39 is 12.0 Å². The van der Waals surface area contributed by atoms with Crippen molar-refractivity contribution in [2.45, 2.75) is 19.4 Å². The zero-order valence-electron chi connectivity index (χ0n) is 12.6. The Kier molecular flexibility index (Phi) is 5.89. The molecule has 122 valence electrons. The second-order valence-electron chi connectivity index (χ2n) is 4.68. The Bertz CT molecular complexity index is 694. The highest BCUT2D eigenvalue weighted by Crippen LogP contribution is 2.26. The number of hydrogen-bond donors (Lipinski definition) is 2. The number of carbonyl (C=O) groups excluding carboxylic acids is 3. The van der Waals surface area contributed by atoms with Gasteiger partial charge in [-0.15, -0.1) is 22.7 Å². The molecular weight excluding hydrogens is 336 g/mol. The lowest BCUT2D eigenvalue weighted by Gasteiger charge is -2.16. The maximum atomic E-state index is 12.3. The smallest absolute Gasteiger partial charge is 0.350 e. The molecule has 2 heterocycles. The molecule has 8 heteroatoms. The Morgan fingerprint density at radius 3 is 2.61 bits per heavy atom. The zero-order chi connectivity index (χ0) is 16.8. The SMILES string of the molecule is COC(=O)c1sccc1NC(=O)C[C@H](NC(C)=O)c1cccs1. The molecule has 23 heavy (non-hydrogen) atoms. The number of rotatable bonds is 6. The molecule has 1 atom stereocenters. The number of thiophene rings is 2. The fraction of sp³-hybridized carbons (Fsp3) is 0.267. The van der Waals surface area contributed by atoms with Crippen LogP contribution in [0.15, 0.2) is 29.0 Å². The molecular formula is C15H16N2O4S2. The third kappa shape index (κ3) is 4.64. The fourth-order valence-electron chi connectivity index (χ4n) is 2.00. The van der Waals surface area contributed by atoms with Crippen molar-refractivity contribution in [2.75, 3.05) is 12.4 Å². The van der Waals surface area contributed by atoms with Crippen LogP contribution in [-0.2, 0) is 14.3 Å². The van der Waals surface area contributed by atoms with Crippen molar-refractivity contribution in [2.24, 2.45) is 0 Å². The van der Waals surface area contributed by atoms with E-state index >= 15 is 0 Å². The molecule has 0 aromatic carbocycles. The number of esters is 1. The van der Waals surface area contributed by atoms with E-state index in [4.69, 9.17) is 0 Å². The molecule has 0 saturated heterocycles. The Labute approximate surface area is 141 Å². The molecule has 0 aliphatic rings. The maximum absolute atomic E-state index is 12.3. The summed E-state index contributed by atoms with van der Waals surface area (Å²) in [6, 6.07) is 4.98. The van der Waals surface area contributed by atoms with Gasteiger partial charge in [-0.3, -0.25) is 9.59 Å². The quantitative estimate of drug-likeness (QED) is 0.783. The summed E-state index contributed by atoms with van der Waals surface area (Å²) in [5, 5.41) is 9.04. The zero-order valence-corrected chi connectivity index (χ0v) is 14.3. The van der Waals surface area contributed by atoms with E-state index in [9.17, 15) is 14.4 Å². The number of carbonyl (C=O) groups is 3. The Morgan fingerprint density at radius 1 is 1.22 bits per heavy atom. The standard InChI is InChI=1S/C15H16N2O4S2/c1-9(18)16-11(12-4-3-6-22-12)8-13(19)17-10-5-7-23-14(10)15(20)21-2/h3-7,11H,8H2,1-2H3,(H,16,18)(H,17,19)/t11-/m0/s1. The first kappa shape index (κ1) is 17.2. The number of methoxy groups -OCH3 is 1. The highest BCUT2D eigenvalue weighted by atomic mass is 32.1. The molecule has 0 aliphatic carbocycles. The molecule has 2 aromatic heterocycles. The van der Waals surface area contributed by atoms with Gasteiger partial charge in [-0.05, 0) is 22.9 Å². The first-order valence-electron chi connectivity index (χ1n) is 6.77. The monoisotopic (exact) mass is 352 g/mol. The average molecular weight is 352 g/mol. The summed E-state index contributed by atoms with van der Waals surface area (Å²) in [5.41, 5.74) is 0.416. The molecule has 6 nitrogen and oxygen atoms in total. The van der Waals surface area contributed by atoms with Crippen molar-refractivity contribution in [1.82, 2.24) is 5.32 Å². The Balaban J connectivity index is 2.06. The Hall–Kier alpha value is -2.19. The van der Waals surface area contributed by atoms with Crippen LogP contribution in [0.5, 0.6) is 0 Å². The molecule has 0 saturated carbocycles. The normalized spacial score (nSPS) is 11.6. The molecule has 2 amide bonds. The highest BCUT2D eigenvalue weighted by molar-refractivity contribution is 7.12. The van der Waals surface area contributed by atoms with Gasteiger partial charge in [-0.2, -0.15) is 0 Å². The predicted molar refractivity (Wildman–Crippen MR) is 89.8 cm³/mol. The number of anilines is 1.